The molecule has 1 aromatic carbocycles. The Kier molecular flexibility index (Phi) is 4.27. The fraction of sp³-hybridized carbons (Fsp3) is 0.200. The van der Waals surface area contributed by atoms with Gasteiger partial charge < -0.3 is 0 Å². The summed E-state index contributed by atoms with van der Waals surface area (Å²) in [7, 11) is 0. The Hall–Kier alpha value is -0.390. The van der Waals surface area contributed by atoms with Crippen molar-refractivity contribution < 1.29 is 0 Å². The monoisotopic (exact) mass is 240 g/mol. The summed E-state index contributed by atoms with van der Waals surface area (Å²) in [4.78, 5) is 1.27. The molecule has 2 heteroatoms. The summed E-state index contributed by atoms with van der Waals surface area (Å²) in [5.74, 6) is 3.62. The largest absolute Gasteiger partial charge is 0.125 e. The number of rotatable bonds is 3. The van der Waals surface area contributed by atoms with E-state index in [0.29, 0.717) is 0 Å². The second-order valence-corrected chi connectivity index (χ2v) is 4.34. The van der Waals surface area contributed by atoms with Crippen LogP contribution in [0.25, 0.3) is 0 Å². The predicted molar refractivity (Wildman–Crippen MR) is 58.3 cm³/mol. The molecule has 0 nitrogen and oxygen atoms in total. The van der Waals surface area contributed by atoms with Gasteiger partial charge in [0, 0.05) is 21.5 Å². The predicted octanol–water partition coefficient (Wildman–Crippen LogP) is 3.56. The van der Waals surface area contributed by atoms with E-state index in [1.165, 1.54) is 4.90 Å². The van der Waals surface area contributed by atoms with E-state index < -0.39 is 0 Å². The Morgan fingerprint density at radius 1 is 1.33 bits per heavy atom. The van der Waals surface area contributed by atoms with Gasteiger partial charge in [-0.3, -0.25) is 0 Å². The van der Waals surface area contributed by atoms with Gasteiger partial charge in [0.25, 0.3) is 0 Å². The van der Waals surface area contributed by atoms with Gasteiger partial charge in [-0.2, -0.15) is 0 Å². The average Bonchev–Trinajstić information content (AvgIpc) is 2.09. The fourth-order valence-electron chi connectivity index (χ4n) is 0.759. The molecule has 0 aliphatic carbocycles. The summed E-state index contributed by atoms with van der Waals surface area (Å²) in [5.41, 5.74) is 0. The minimum atomic E-state index is 0.834. The Labute approximate surface area is 85.9 Å². The molecule has 0 heterocycles. The van der Waals surface area contributed by atoms with Crippen molar-refractivity contribution in [2.24, 2.45) is 0 Å². The lowest BCUT2D eigenvalue weighted by atomic mass is 10.4. The molecule has 1 rings (SSSR count). The molecule has 0 aromatic heterocycles. The van der Waals surface area contributed by atoms with Crippen LogP contribution in [0.5, 0.6) is 0 Å². The maximum absolute atomic E-state index is 5.15. The number of terminal acetylenes is 1. The van der Waals surface area contributed by atoms with Gasteiger partial charge in [-0.25, -0.2) is 0 Å². The van der Waals surface area contributed by atoms with Crippen LogP contribution in [0.2, 0.25) is 0 Å². The highest BCUT2D eigenvalue weighted by Gasteiger charge is 1.91. The van der Waals surface area contributed by atoms with Crippen molar-refractivity contribution in [1.82, 2.24) is 0 Å². The summed E-state index contributed by atoms with van der Waals surface area (Å²) in [6, 6.07) is 8.26. The summed E-state index contributed by atoms with van der Waals surface area (Å²) in [6.07, 6.45) is 5.98. The molecule has 0 radical (unpaired) electrons. The van der Waals surface area contributed by atoms with E-state index in [4.69, 9.17) is 6.42 Å². The second kappa shape index (κ2) is 5.29. The number of benzene rings is 1. The van der Waals surface area contributed by atoms with E-state index in [0.717, 1.165) is 16.6 Å². The van der Waals surface area contributed by atoms with Gasteiger partial charge in [0.1, 0.15) is 0 Å². The molecule has 0 saturated carbocycles. The van der Waals surface area contributed by atoms with Crippen molar-refractivity contribution in [3.8, 4) is 12.3 Å². The Morgan fingerprint density at radius 2 is 2.00 bits per heavy atom. The van der Waals surface area contributed by atoms with Gasteiger partial charge in [-0.05, 0) is 24.3 Å². The van der Waals surface area contributed by atoms with Crippen molar-refractivity contribution in [2.75, 3.05) is 5.75 Å². The molecule has 0 fully saturated rings. The van der Waals surface area contributed by atoms with Crippen molar-refractivity contribution in [3.63, 3.8) is 0 Å². The first-order valence-electron chi connectivity index (χ1n) is 3.65. The van der Waals surface area contributed by atoms with Crippen LogP contribution in [0.3, 0.4) is 0 Å². The van der Waals surface area contributed by atoms with Crippen LogP contribution in [0.15, 0.2) is 33.6 Å². The minimum Gasteiger partial charge on any atom is -0.125 e. The highest BCUT2D eigenvalue weighted by atomic mass is 79.9. The summed E-state index contributed by atoms with van der Waals surface area (Å²) in [5, 5.41) is 0. The molecule has 0 saturated heterocycles. The third-order valence-electron chi connectivity index (χ3n) is 1.33. The van der Waals surface area contributed by atoms with Crippen LogP contribution in [-0.2, 0) is 0 Å². The third-order valence-corrected chi connectivity index (χ3v) is 2.87. The first kappa shape index (κ1) is 9.70. The standard InChI is InChI=1S/C10H9BrS/c1-2-3-8-12-10-6-4-9(11)5-7-10/h1,4-7H,3,8H2. The first-order chi connectivity index (χ1) is 5.83. The van der Waals surface area contributed by atoms with Crippen LogP contribution in [0.1, 0.15) is 6.42 Å². The molecular weight excluding hydrogens is 232 g/mol. The molecule has 0 N–H and O–H groups in total. The Morgan fingerprint density at radius 3 is 2.58 bits per heavy atom. The molecule has 0 aliphatic rings. The summed E-state index contributed by atoms with van der Waals surface area (Å²) in [6.45, 7) is 0. The topological polar surface area (TPSA) is 0 Å². The number of hydrogen-bond acceptors (Lipinski definition) is 1. The van der Waals surface area contributed by atoms with Gasteiger partial charge in [-0.15, -0.1) is 24.1 Å². The maximum Gasteiger partial charge on any atom is 0.0180 e. The minimum absolute atomic E-state index is 0.834. The molecule has 0 spiro atoms. The molecule has 0 aliphatic heterocycles. The van der Waals surface area contributed by atoms with E-state index in [2.05, 4.69) is 34.0 Å². The van der Waals surface area contributed by atoms with E-state index in [9.17, 15) is 0 Å². The highest BCUT2D eigenvalue weighted by Crippen LogP contribution is 2.20. The summed E-state index contributed by atoms with van der Waals surface area (Å²) < 4.78 is 1.11. The Balaban J connectivity index is 2.43. The molecule has 0 unspecified atom stereocenters. The highest BCUT2D eigenvalue weighted by molar-refractivity contribution is 9.10. The number of thioether (sulfide) groups is 1. The van der Waals surface area contributed by atoms with Crippen LogP contribution in [0, 0.1) is 12.3 Å². The van der Waals surface area contributed by atoms with E-state index in [1.807, 2.05) is 12.1 Å². The SMILES string of the molecule is C#CCCSc1ccc(Br)cc1. The maximum atomic E-state index is 5.15. The van der Waals surface area contributed by atoms with Crippen LogP contribution in [0.4, 0.5) is 0 Å². The van der Waals surface area contributed by atoms with Gasteiger partial charge in [0.15, 0.2) is 0 Å². The van der Waals surface area contributed by atoms with Crippen molar-refractivity contribution in [3.05, 3.63) is 28.7 Å². The zero-order valence-corrected chi connectivity index (χ0v) is 8.99. The van der Waals surface area contributed by atoms with Crippen LogP contribution < -0.4 is 0 Å². The lowest BCUT2D eigenvalue weighted by Gasteiger charge is -1.97. The summed E-state index contributed by atoms with van der Waals surface area (Å²) >= 11 is 5.18. The third kappa shape index (κ3) is 3.34. The smallest absolute Gasteiger partial charge is 0.0180 e. The Bertz CT molecular complexity index is 271. The lowest BCUT2D eigenvalue weighted by molar-refractivity contribution is 1.29. The van der Waals surface area contributed by atoms with Crippen molar-refractivity contribution >= 4 is 27.7 Å². The zero-order valence-electron chi connectivity index (χ0n) is 6.59. The molecule has 1 aromatic rings. The molecular formula is C10H9BrS. The van der Waals surface area contributed by atoms with Gasteiger partial charge in [0.2, 0.25) is 0 Å². The zero-order chi connectivity index (χ0) is 8.81. The normalized spacial score (nSPS) is 9.33. The molecule has 0 atom stereocenters. The van der Waals surface area contributed by atoms with Crippen LogP contribution in [-0.4, -0.2) is 5.75 Å². The second-order valence-electron chi connectivity index (χ2n) is 2.26. The van der Waals surface area contributed by atoms with Crippen LogP contribution >= 0.6 is 27.7 Å². The average molecular weight is 241 g/mol. The first-order valence-corrected chi connectivity index (χ1v) is 5.42. The van der Waals surface area contributed by atoms with Crippen molar-refractivity contribution in [1.29, 1.82) is 0 Å². The van der Waals surface area contributed by atoms with E-state index in [1.54, 1.807) is 11.8 Å². The molecule has 62 valence electrons. The van der Waals surface area contributed by atoms with Crippen molar-refractivity contribution in [2.45, 2.75) is 11.3 Å². The van der Waals surface area contributed by atoms with Gasteiger partial charge >= 0.3 is 0 Å². The van der Waals surface area contributed by atoms with Gasteiger partial charge in [-0.1, -0.05) is 15.9 Å². The molecule has 0 amide bonds. The number of halogens is 1. The molecule has 0 bridgehead atoms. The van der Waals surface area contributed by atoms with Gasteiger partial charge in [0.05, 0.1) is 0 Å². The lowest BCUT2D eigenvalue weighted by Crippen LogP contribution is -1.76. The fourth-order valence-corrected chi connectivity index (χ4v) is 1.81. The molecule has 12 heavy (non-hydrogen) atoms. The quantitative estimate of drug-likeness (QED) is 0.443. The van der Waals surface area contributed by atoms with E-state index in [-0.39, 0.29) is 0 Å². The number of hydrogen-bond donors (Lipinski definition) is 0. The van der Waals surface area contributed by atoms with E-state index >= 15 is 0 Å².